The molecule has 1 aromatic heterocycles. The van der Waals surface area contributed by atoms with E-state index in [1.807, 2.05) is 30.6 Å². The smallest absolute Gasteiger partial charge is 0.137 e. The maximum absolute atomic E-state index is 13.6. The van der Waals surface area contributed by atoms with Crippen LogP contribution in [0.4, 0.5) is 4.39 Å². The Morgan fingerprint density at radius 3 is 2.71 bits per heavy atom. The summed E-state index contributed by atoms with van der Waals surface area (Å²) in [5.41, 5.74) is 2.29. The summed E-state index contributed by atoms with van der Waals surface area (Å²) in [6, 6.07) is 9.64. The van der Waals surface area contributed by atoms with E-state index in [0.717, 1.165) is 31.4 Å². The van der Waals surface area contributed by atoms with Crippen molar-refractivity contribution in [3.8, 4) is 0 Å². The second-order valence-electron chi connectivity index (χ2n) is 5.07. The van der Waals surface area contributed by atoms with Crippen molar-refractivity contribution in [2.24, 2.45) is 0 Å². The van der Waals surface area contributed by atoms with Gasteiger partial charge in [-0.1, -0.05) is 19.1 Å². The van der Waals surface area contributed by atoms with E-state index in [-0.39, 0.29) is 5.82 Å². The van der Waals surface area contributed by atoms with Crippen molar-refractivity contribution in [2.45, 2.75) is 32.2 Å². The van der Waals surface area contributed by atoms with Gasteiger partial charge in [-0.05, 0) is 71.1 Å². The first-order chi connectivity index (χ1) is 10.2. The van der Waals surface area contributed by atoms with Gasteiger partial charge in [0.05, 0.1) is 4.47 Å². The summed E-state index contributed by atoms with van der Waals surface area (Å²) in [7, 11) is 0. The van der Waals surface area contributed by atoms with Crippen LogP contribution in [0.1, 0.15) is 24.5 Å². The van der Waals surface area contributed by atoms with Crippen LogP contribution in [0.25, 0.3) is 0 Å². The van der Waals surface area contributed by atoms with E-state index in [0.29, 0.717) is 10.5 Å². The fourth-order valence-electron chi connectivity index (χ4n) is 2.43. The summed E-state index contributed by atoms with van der Waals surface area (Å²) in [6.45, 7) is 3.01. The van der Waals surface area contributed by atoms with E-state index in [1.165, 1.54) is 11.6 Å². The molecule has 2 nitrogen and oxygen atoms in total. The zero-order valence-electron chi connectivity index (χ0n) is 12.2. The highest BCUT2D eigenvalue weighted by atomic mass is 79.9. The third kappa shape index (κ3) is 4.90. The van der Waals surface area contributed by atoms with E-state index in [1.54, 1.807) is 6.07 Å². The second-order valence-corrected chi connectivity index (χ2v) is 5.86. The molecule has 0 saturated heterocycles. The van der Waals surface area contributed by atoms with Crippen LogP contribution >= 0.6 is 15.9 Å². The lowest BCUT2D eigenvalue weighted by Gasteiger charge is -2.19. The Labute approximate surface area is 133 Å². The molecule has 0 aliphatic heterocycles. The molecule has 0 spiro atoms. The largest absolute Gasteiger partial charge is 0.314 e. The van der Waals surface area contributed by atoms with Crippen molar-refractivity contribution in [1.29, 1.82) is 0 Å². The summed E-state index contributed by atoms with van der Waals surface area (Å²) in [4.78, 5) is 4.03. The van der Waals surface area contributed by atoms with Crippen LogP contribution in [0.2, 0.25) is 0 Å². The SMILES string of the molecule is CCNC(CCc1ccncc1)Cc1cccc(F)c1Br. The van der Waals surface area contributed by atoms with E-state index in [2.05, 4.69) is 33.2 Å². The van der Waals surface area contributed by atoms with Gasteiger partial charge in [-0.3, -0.25) is 4.98 Å². The van der Waals surface area contributed by atoms with E-state index in [4.69, 9.17) is 0 Å². The number of hydrogen-bond acceptors (Lipinski definition) is 2. The van der Waals surface area contributed by atoms with E-state index in [9.17, 15) is 4.39 Å². The van der Waals surface area contributed by atoms with E-state index < -0.39 is 0 Å². The van der Waals surface area contributed by atoms with Gasteiger partial charge in [-0.15, -0.1) is 0 Å². The molecule has 1 unspecified atom stereocenters. The lowest BCUT2D eigenvalue weighted by Crippen LogP contribution is -2.31. The molecule has 1 N–H and O–H groups in total. The van der Waals surface area contributed by atoms with Crippen LogP contribution in [0.15, 0.2) is 47.2 Å². The van der Waals surface area contributed by atoms with Crippen LogP contribution in [-0.4, -0.2) is 17.6 Å². The summed E-state index contributed by atoms with van der Waals surface area (Å²) in [5, 5.41) is 3.49. The first kappa shape index (κ1) is 16.1. The predicted octanol–water partition coefficient (Wildman–Crippen LogP) is 4.14. The molecule has 4 heteroatoms. The average molecular weight is 351 g/mol. The molecule has 0 radical (unpaired) electrons. The Morgan fingerprint density at radius 1 is 1.24 bits per heavy atom. The Balaban J connectivity index is 2.00. The lowest BCUT2D eigenvalue weighted by molar-refractivity contribution is 0.488. The maximum atomic E-state index is 13.6. The third-order valence-corrected chi connectivity index (χ3v) is 4.41. The van der Waals surface area contributed by atoms with Gasteiger partial charge in [0.25, 0.3) is 0 Å². The van der Waals surface area contributed by atoms with Crippen molar-refractivity contribution < 1.29 is 4.39 Å². The zero-order chi connectivity index (χ0) is 15.1. The van der Waals surface area contributed by atoms with Crippen LogP contribution in [0.3, 0.4) is 0 Å². The minimum atomic E-state index is -0.197. The fraction of sp³-hybridized carbons (Fsp3) is 0.353. The molecule has 2 aromatic rings. The quantitative estimate of drug-likeness (QED) is 0.811. The van der Waals surface area contributed by atoms with Gasteiger partial charge in [0.15, 0.2) is 0 Å². The molecular weight excluding hydrogens is 331 g/mol. The molecule has 1 atom stereocenters. The highest BCUT2D eigenvalue weighted by molar-refractivity contribution is 9.10. The summed E-state index contributed by atoms with van der Waals surface area (Å²) in [5.74, 6) is -0.197. The third-order valence-electron chi connectivity index (χ3n) is 3.52. The second kappa shape index (κ2) is 8.25. The number of nitrogens with one attached hydrogen (secondary N) is 1. The molecule has 112 valence electrons. The Morgan fingerprint density at radius 2 is 2.00 bits per heavy atom. The van der Waals surface area contributed by atoms with Gasteiger partial charge in [0.2, 0.25) is 0 Å². The van der Waals surface area contributed by atoms with Crippen LogP contribution in [0, 0.1) is 5.82 Å². The number of aromatic nitrogens is 1. The molecule has 2 rings (SSSR count). The van der Waals surface area contributed by atoms with Gasteiger partial charge in [0, 0.05) is 18.4 Å². The number of pyridine rings is 1. The number of nitrogens with zero attached hydrogens (tertiary/aromatic N) is 1. The zero-order valence-corrected chi connectivity index (χ0v) is 13.7. The molecule has 1 heterocycles. The minimum Gasteiger partial charge on any atom is -0.314 e. The number of hydrogen-bond donors (Lipinski definition) is 1. The minimum absolute atomic E-state index is 0.197. The molecule has 0 bridgehead atoms. The van der Waals surface area contributed by atoms with E-state index >= 15 is 0 Å². The summed E-state index contributed by atoms with van der Waals surface area (Å²) < 4.78 is 14.2. The predicted molar refractivity (Wildman–Crippen MR) is 87.8 cm³/mol. The Bertz CT molecular complexity index is 560. The van der Waals surface area contributed by atoms with Crippen molar-refractivity contribution in [3.05, 3.63) is 64.1 Å². The number of likely N-dealkylation sites (N-methyl/N-ethyl adjacent to an activating group) is 1. The molecule has 0 amide bonds. The molecule has 0 saturated carbocycles. The molecule has 1 aromatic carbocycles. The summed E-state index contributed by atoms with van der Waals surface area (Å²) in [6.07, 6.45) is 6.46. The normalized spacial score (nSPS) is 12.3. The van der Waals surface area contributed by atoms with Gasteiger partial charge >= 0.3 is 0 Å². The number of aryl methyl sites for hydroxylation is 1. The van der Waals surface area contributed by atoms with Crippen molar-refractivity contribution in [1.82, 2.24) is 10.3 Å². The van der Waals surface area contributed by atoms with Crippen molar-refractivity contribution in [2.75, 3.05) is 6.54 Å². The molecule has 0 aliphatic carbocycles. The topological polar surface area (TPSA) is 24.9 Å². The number of benzene rings is 1. The van der Waals surface area contributed by atoms with Crippen LogP contribution in [-0.2, 0) is 12.8 Å². The van der Waals surface area contributed by atoms with Crippen molar-refractivity contribution in [3.63, 3.8) is 0 Å². The van der Waals surface area contributed by atoms with Gasteiger partial charge < -0.3 is 5.32 Å². The fourth-order valence-corrected chi connectivity index (χ4v) is 2.85. The number of halogens is 2. The molecule has 0 fully saturated rings. The Hall–Kier alpha value is -1.26. The standard InChI is InChI=1S/C17H20BrFN2/c1-2-21-15(7-6-13-8-10-20-11-9-13)12-14-4-3-5-16(19)17(14)18/h3-5,8-11,15,21H,2,6-7,12H2,1H3. The number of rotatable bonds is 7. The van der Waals surface area contributed by atoms with Gasteiger partial charge in [-0.2, -0.15) is 0 Å². The first-order valence-corrected chi connectivity index (χ1v) is 8.05. The van der Waals surface area contributed by atoms with Gasteiger partial charge in [-0.25, -0.2) is 4.39 Å². The van der Waals surface area contributed by atoms with Crippen LogP contribution < -0.4 is 5.32 Å². The highest BCUT2D eigenvalue weighted by Gasteiger charge is 2.12. The van der Waals surface area contributed by atoms with Crippen molar-refractivity contribution >= 4 is 15.9 Å². The summed E-state index contributed by atoms with van der Waals surface area (Å²) >= 11 is 3.34. The highest BCUT2D eigenvalue weighted by Crippen LogP contribution is 2.22. The first-order valence-electron chi connectivity index (χ1n) is 7.26. The Kier molecular flexibility index (Phi) is 6.33. The van der Waals surface area contributed by atoms with Crippen LogP contribution in [0.5, 0.6) is 0 Å². The molecule has 0 aliphatic rings. The molecule has 21 heavy (non-hydrogen) atoms. The molecular formula is C17H20BrFN2. The van der Waals surface area contributed by atoms with Gasteiger partial charge in [0.1, 0.15) is 5.82 Å². The maximum Gasteiger partial charge on any atom is 0.137 e. The average Bonchev–Trinajstić information content (AvgIpc) is 2.50. The lowest BCUT2D eigenvalue weighted by atomic mass is 9.99. The monoisotopic (exact) mass is 350 g/mol.